The third kappa shape index (κ3) is 5.38. The van der Waals surface area contributed by atoms with Crippen molar-refractivity contribution in [1.29, 1.82) is 0 Å². The molecule has 3 rings (SSSR count). The number of esters is 1. The first-order valence-electron chi connectivity index (χ1n) is 9.34. The summed E-state index contributed by atoms with van der Waals surface area (Å²) in [6, 6.07) is 9.66. The lowest BCUT2D eigenvalue weighted by molar-refractivity contribution is -0.147. The lowest BCUT2D eigenvalue weighted by Crippen LogP contribution is -2.42. The van der Waals surface area contributed by atoms with E-state index in [1.807, 2.05) is 0 Å². The van der Waals surface area contributed by atoms with Crippen molar-refractivity contribution in [3.63, 3.8) is 0 Å². The number of thiocarbonyl (C=S) groups is 1. The van der Waals surface area contributed by atoms with Gasteiger partial charge in [-0.1, -0.05) is 59.3 Å². The summed E-state index contributed by atoms with van der Waals surface area (Å²) in [7, 11) is 2.79. The molecule has 1 amide bonds. The second-order valence-electron chi connectivity index (χ2n) is 6.69. The van der Waals surface area contributed by atoms with E-state index >= 15 is 0 Å². The maximum Gasteiger partial charge on any atom is 0.328 e. The molecule has 2 aromatic carbocycles. The van der Waals surface area contributed by atoms with Crippen molar-refractivity contribution in [3.05, 3.63) is 62.5 Å². The Labute approximate surface area is 205 Å². The number of amides is 1. The number of rotatable bonds is 7. The summed E-state index contributed by atoms with van der Waals surface area (Å²) in [5.74, 6) is 0.117. The van der Waals surface area contributed by atoms with Crippen molar-refractivity contribution >= 4 is 69.5 Å². The minimum atomic E-state index is -0.802. The lowest BCUT2D eigenvalue weighted by Gasteiger charge is -2.20. The summed E-state index contributed by atoms with van der Waals surface area (Å²) in [6.45, 7) is 1.80. The average molecular weight is 512 g/mol. The fourth-order valence-electron chi connectivity index (χ4n) is 2.93. The highest BCUT2D eigenvalue weighted by molar-refractivity contribution is 8.26. The van der Waals surface area contributed by atoms with E-state index in [4.69, 9.17) is 49.6 Å². The number of methoxy groups -OCH3 is 2. The molecule has 6 nitrogen and oxygen atoms in total. The summed E-state index contributed by atoms with van der Waals surface area (Å²) in [6.07, 6.45) is 1.69. The third-order valence-corrected chi connectivity index (χ3v) is 6.55. The van der Waals surface area contributed by atoms with Gasteiger partial charge in [0.15, 0.2) is 11.5 Å². The molecule has 0 aliphatic carbocycles. The van der Waals surface area contributed by atoms with Crippen LogP contribution in [-0.2, 0) is 20.9 Å². The van der Waals surface area contributed by atoms with Crippen LogP contribution in [0.5, 0.6) is 11.5 Å². The first-order valence-corrected chi connectivity index (χ1v) is 11.3. The molecule has 0 saturated carbocycles. The van der Waals surface area contributed by atoms with Crippen LogP contribution in [0, 0.1) is 0 Å². The van der Waals surface area contributed by atoms with E-state index in [0.29, 0.717) is 36.3 Å². The highest BCUT2D eigenvalue weighted by atomic mass is 35.5. The summed E-state index contributed by atoms with van der Waals surface area (Å²) in [4.78, 5) is 26.3. The average Bonchev–Trinajstić information content (AvgIpc) is 3.05. The van der Waals surface area contributed by atoms with Gasteiger partial charge in [0.25, 0.3) is 5.91 Å². The topological polar surface area (TPSA) is 65.1 Å². The molecule has 10 heteroatoms. The summed E-state index contributed by atoms with van der Waals surface area (Å²) >= 11 is 18.5. The molecule has 2 aromatic rings. The zero-order chi connectivity index (χ0) is 23.4. The van der Waals surface area contributed by atoms with E-state index in [9.17, 15) is 9.59 Å². The zero-order valence-corrected chi connectivity index (χ0v) is 20.5. The molecule has 0 N–H and O–H groups in total. The van der Waals surface area contributed by atoms with Crippen LogP contribution in [0.3, 0.4) is 0 Å². The molecular formula is C22H19Cl2NO5S2. The minimum Gasteiger partial charge on any atom is -0.493 e. The van der Waals surface area contributed by atoms with E-state index in [1.165, 1.54) is 19.1 Å². The molecule has 1 fully saturated rings. The highest BCUT2D eigenvalue weighted by Gasteiger charge is 2.38. The molecule has 0 bridgehead atoms. The molecule has 0 spiro atoms. The summed E-state index contributed by atoms with van der Waals surface area (Å²) < 4.78 is 16.3. The monoisotopic (exact) mass is 511 g/mol. The van der Waals surface area contributed by atoms with Crippen LogP contribution >= 0.6 is 47.2 Å². The van der Waals surface area contributed by atoms with Gasteiger partial charge in [-0.2, -0.15) is 0 Å². The Morgan fingerprint density at radius 2 is 1.94 bits per heavy atom. The van der Waals surface area contributed by atoms with Crippen molar-refractivity contribution in [3.8, 4) is 11.5 Å². The molecule has 0 radical (unpaired) electrons. The van der Waals surface area contributed by atoms with Crippen molar-refractivity contribution in [2.45, 2.75) is 19.6 Å². The predicted molar refractivity (Wildman–Crippen MR) is 130 cm³/mol. The van der Waals surface area contributed by atoms with Crippen molar-refractivity contribution in [1.82, 2.24) is 4.90 Å². The van der Waals surface area contributed by atoms with Gasteiger partial charge in [0, 0.05) is 15.6 Å². The molecule has 1 atom stereocenters. The van der Waals surface area contributed by atoms with Gasteiger partial charge in [-0.25, -0.2) is 4.79 Å². The standard InChI is InChI=1S/C22H19Cl2NO5S2/c1-12(21(27)29-3)25-20(26)19(32-22(25)31)9-13-4-7-17(18(8-13)28-2)30-11-14-5-6-15(23)10-16(14)24/h4-10,12H,11H2,1-3H3/b19-9-/t12-/m1/s1. The first-order chi connectivity index (χ1) is 15.2. The molecule has 1 heterocycles. The number of carbonyl (C=O) groups is 2. The minimum absolute atomic E-state index is 0.232. The Balaban J connectivity index is 1.78. The molecule has 1 saturated heterocycles. The maximum atomic E-state index is 12.8. The predicted octanol–water partition coefficient (Wildman–Crippen LogP) is 5.34. The molecule has 168 valence electrons. The Kier molecular flexibility index (Phi) is 8.05. The maximum absolute atomic E-state index is 12.8. The van der Waals surface area contributed by atoms with Gasteiger partial charge in [0.2, 0.25) is 0 Å². The SMILES string of the molecule is COC(=O)[C@@H](C)N1C(=O)/C(=C/c2ccc(OCc3ccc(Cl)cc3Cl)c(OC)c2)SC1=S. The Morgan fingerprint density at radius 3 is 2.59 bits per heavy atom. The van der Waals surface area contributed by atoms with Gasteiger partial charge in [0.1, 0.15) is 17.0 Å². The van der Waals surface area contributed by atoms with Gasteiger partial charge >= 0.3 is 5.97 Å². The molecule has 1 aliphatic heterocycles. The van der Waals surface area contributed by atoms with E-state index in [-0.39, 0.29) is 12.5 Å². The van der Waals surface area contributed by atoms with Crippen LogP contribution in [-0.4, -0.2) is 41.4 Å². The molecule has 32 heavy (non-hydrogen) atoms. The van der Waals surface area contributed by atoms with Crippen LogP contribution in [0.15, 0.2) is 41.3 Å². The van der Waals surface area contributed by atoms with E-state index < -0.39 is 12.0 Å². The van der Waals surface area contributed by atoms with Crippen molar-refractivity contribution in [2.75, 3.05) is 14.2 Å². The number of hydrogen-bond donors (Lipinski definition) is 0. The highest BCUT2D eigenvalue weighted by Crippen LogP contribution is 2.36. The Hall–Kier alpha value is -2.26. The van der Waals surface area contributed by atoms with Gasteiger partial charge in [-0.3, -0.25) is 9.69 Å². The second-order valence-corrected chi connectivity index (χ2v) is 9.20. The fourth-order valence-corrected chi connectivity index (χ4v) is 4.81. The van der Waals surface area contributed by atoms with Crippen molar-refractivity contribution < 1.29 is 23.8 Å². The summed E-state index contributed by atoms with van der Waals surface area (Å²) in [5.41, 5.74) is 1.50. The third-order valence-electron chi connectivity index (χ3n) is 4.64. The van der Waals surface area contributed by atoms with E-state index in [2.05, 4.69) is 0 Å². The quantitative estimate of drug-likeness (QED) is 0.282. The van der Waals surface area contributed by atoms with Gasteiger partial charge in [-0.15, -0.1) is 0 Å². The number of carbonyl (C=O) groups excluding carboxylic acids is 2. The largest absolute Gasteiger partial charge is 0.493 e. The second kappa shape index (κ2) is 10.6. The van der Waals surface area contributed by atoms with Crippen LogP contribution in [0.2, 0.25) is 10.0 Å². The Bertz CT molecular complexity index is 1110. The van der Waals surface area contributed by atoms with Gasteiger partial charge in [-0.05, 0) is 42.8 Å². The smallest absolute Gasteiger partial charge is 0.328 e. The number of thioether (sulfide) groups is 1. The number of ether oxygens (including phenoxy) is 3. The van der Waals surface area contributed by atoms with Crippen LogP contribution in [0.25, 0.3) is 6.08 Å². The number of halogens is 2. The fraction of sp³-hybridized carbons (Fsp3) is 0.227. The first kappa shape index (κ1) is 24.4. The van der Waals surface area contributed by atoms with Crippen LogP contribution in [0.4, 0.5) is 0 Å². The number of hydrogen-bond acceptors (Lipinski definition) is 7. The van der Waals surface area contributed by atoms with E-state index in [1.54, 1.807) is 49.4 Å². The number of benzene rings is 2. The summed E-state index contributed by atoms with van der Waals surface area (Å²) in [5, 5.41) is 1.06. The van der Waals surface area contributed by atoms with Gasteiger partial charge < -0.3 is 14.2 Å². The van der Waals surface area contributed by atoms with Crippen LogP contribution in [0.1, 0.15) is 18.1 Å². The van der Waals surface area contributed by atoms with Gasteiger partial charge in [0.05, 0.1) is 19.1 Å². The Morgan fingerprint density at radius 1 is 1.19 bits per heavy atom. The molecule has 0 unspecified atom stereocenters. The molecular weight excluding hydrogens is 493 g/mol. The molecule has 0 aromatic heterocycles. The zero-order valence-electron chi connectivity index (χ0n) is 17.4. The number of nitrogens with zero attached hydrogens (tertiary/aromatic N) is 1. The normalized spacial score (nSPS) is 15.8. The van der Waals surface area contributed by atoms with Crippen molar-refractivity contribution in [2.24, 2.45) is 0 Å². The van der Waals surface area contributed by atoms with E-state index in [0.717, 1.165) is 17.3 Å². The molecule has 1 aliphatic rings. The van der Waals surface area contributed by atoms with Crippen LogP contribution < -0.4 is 9.47 Å². The lowest BCUT2D eigenvalue weighted by atomic mass is 10.1.